The van der Waals surface area contributed by atoms with Crippen LogP contribution < -0.4 is 11.1 Å². The third-order valence-corrected chi connectivity index (χ3v) is 12.2. The molecule has 6 heteroatoms. The molecule has 37 heavy (non-hydrogen) atoms. The van der Waals surface area contributed by atoms with Gasteiger partial charge in [0.15, 0.2) is 11.6 Å². The quantitative estimate of drug-likeness (QED) is 0.481. The number of hydrogen-bond acceptors (Lipinski definition) is 4. The Bertz CT molecular complexity index is 1200. The SMILES string of the molecule is CC1(C)CC[C@@]2(NC(N)=O)CC[C@]3(C)[C@H](C(=O)C=C4[C@]5(C)C=C(C#N)C(=O)C(C)(C)[C@@H]5CC[C@@]43C)[C@@H]2C1. The Morgan fingerprint density at radius 3 is 2.30 bits per heavy atom. The van der Waals surface area contributed by atoms with E-state index in [-0.39, 0.29) is 51.1 Å². The maximum absolute atomic E-state index is 14.3. The number of carbonyl (C=O) groups is 3. The zero-order chi connectivity index (χ0) is 27.4. The lowest BCUT2D eigenvalue weighted by atomic mass is 9.35. The first-order valence-corrected chi connectivity index (χ1v) is 14.0. The standard InChI is InChI=1S/C31H43N3O3/c1-26(2)10-12-31(34-25(33)37)13-11-30(7)23(19(31)16-26)20(35)14-22-28(5)15-18(17-32)24(36)27(3,4)21(28)8-9-29(22,30)6/h14-15,19,21,23H,8-13,16H2,1-7H3,(H3,33,34,37)/t19-,21-,23-,28+,29-,30+,31+/m0/s1. The summed E-state index contributed by atoms with van der Waals surface area (Å²) in [5.74, 6) is -0.109. The molecule has 6 nitrogen and oxygen atoms in total. The monoisotopic (exact) mass is 505 g/mol. The topological polar surface area (TPSA) is 113 Å². The lowest BCUT2D eigenvalue weighted by molar-refractivity contribution is -0.160. The number of amides is 2. The second kappa shape index (κ2) is 7.58. The van der Waals surface area contributed by atoms with E-state index in [2.05, 4.69) is 46.0 Å². The van der Waals surface area contributed by atoms with Gasteiger partial charge in [-0.1, -0.05) is 60.1 Å². The summed E-state index contributed by atoms with van der Waals surface area (Å²) in [5, 5.41) is 13.0. The number of primary amides is 1. The van der Waals surface area contributed by atoms with Crippen molar-refractivity contribution in [1.82, 2.24) is 5.32 Å². The van der Waals surface area contributed by atoms with Gasteiger partial charge in [-0.05, 0) is 79.1 Å². The summed E-state index contributed by atoms with van der Waals surface area (Å²) in [6.45, 7) is 15.2. The van der Waals surface area contributed by atoms with Gasteiger partial charge in [0.05, 0.1) is 5.57 Å². The highest BCUT2D eigenvalue weighted by molar-refractivity contribution is 6.04. The number of nitrogens with one attached hydrogen (secondary N) is 1. The predicted octanol–water partition coefficient (Wildman–Crippen LogP) is 5.63. The molecule has 0 unspecified atom stereocenters. The van der Waals surface area contributed by atoms with Crippen LogP contribution in [0.3, 0.4) is 0 Å². The Morgan fingerprint density at radius 2 is 1.68 bits per heavy atom. The molecule has 5 aliphatic carbocycles. The van der Waals surface area contributed by atoms with Crippen molar-refractivity contribution in [3.8, 4) is 6.07 Å². The molecule has 0 spiro atoms. The van der Waals surface area contributed by atoms with E-state index in [9.17, 15) is 19.6 Å². The van der Waals surface area contributed by atoms with E-state index in [1.807, 2.05) is 26.0 Å². The fourth-order valence-corrected chi connectivity index (χ4v) is 10.1. The molecule has 0 radical (unpaired) electrons. The molecule has 2 amide bonds. The number of urea groups is 1. The van der Waals surface area contributed by atoms with E-state index < -0.39 is 22.4 Å². The van der Waals surface area contributed by atoms with Gasteiger partial charge in [0.1, 0.15) is 6.07 Å². The summed E-state index contributed by atoms with van der Waals surface area (Å²) < 4.78 is 0. The number of nitrogens with zero attached hydrogens (tertiary/aromatic N) is 1. The van der Waals surface area contributed by atoms with E-state index >= 15 is 0 Å². The smallest absolute Gasteiger partial charge is 0.312 e. The predicted molar refractivity (Wildman–Crippen MR) is 142 cm³/mol. The molecular formula is C31H43N3O3. The van der Waals surface area contributed by atoms with Crippen molar-refractivity contribution < 1.29 is 14.4 Å². The summed E-state index contributed by atoms with van der Waals surface area (Å²) in [6, 6.07) is 1.67. The van der Waals surface area contributed by atoms with E-state index in [4.69, 9.17) is 5.73 Å². The Morgan fingerprint density at radius 1 is 1.03 bits per heavy atom. The van der Waals surface area contributed by atoms with Crippen molar-refractivity contribution in [1.29, 1.82) is 5.26 Å². The van der Waals surface area contributed by atoms with Crippen LogP contribution in [0.1, 0.15) is 93.4 Å². The van der Waals surface area contributed by atoms with Gasteiger partial charge in [0, 0.05) is 22.3 Å². The molecule has 0 heterocycles. The number of ketones is 2. The molecule has 3 saturated carbocycles. The largest absolute Gasteiger partial charge is 0.352 e. The van der Waals surface area contributed by atoms with Crippen molar-refractivity contribution in [2.45, 2.75) is 99.0 Å². The number of nitriles is 1. The number of fused-ring (bicyclic) bond motifs is 7. The summed E-state index contributed by atoms with van der Waals surface area (Å²) in [7, 11) is 0. The maximum Gasteiger partial charge on any atom is 0.312 e. The summed E-state index contributed by atoms with van der Waals surface area (Å²) >= 11 is 0. The molecule has 3 N–H and O–H groups in total. The fraction of sp³-hybridized carbons (Fsp3) is 0.742. The molecule has 5 aliphatic rings. The molecule has 5 rings (SSSR count). The van der Waals surface area contributed by atoms with Crippen molar-refractivity contribution in [2.75, 3.05) is 0 Å². The Hall–Kier alpha value is -2.42. The second-order valence-electron chi connectivity index (χ2n) is 14.9. The van der Waals surface area contributed by atoms with Gasteiger partial charge in [0.2, 0.25) is 0 Å². The van der Waals surface area contributed by atoms with Crippen molar-refractivity contribution >= 4 is 17.6 Å². The van der Waals surface area contributed by atoms with Crippen LogP contribution in [0.15, 0.2) is 23.3 Å². The minimum Gasteiger partial charge on any atom is -0.352 e. The van der Waals surface area contributed by atoms with Crippen LogP contribution in [-0.2, 0) is 9.59 Å². The summed E-state index contributed by atoms with van der Waals surface area (Å²) in [4.78, 5) is 39.7. The highest BCUT2D eigenvalue weighted by atomic mass is 16.2. The maximum atomic E-state index is 14.3. The van der Waals surface area contributed by atoms with Gasteiger partial charge in [0.25, 0.3) is 0 Å². The van der Waals surface area contributed by atoms with Crippen LogP contribution in [-0.4, -0.2) is 23.1 Å². The molecule has 7 atom stereocenters. The van der Waals surface area contributed by atoms with Crippen LogP contribution in [0.25, 0.3) is 0 Å². The fourth-order valence-electron chi connectivity index (χ4n) is 10.1. The third kappa shape index (κ3) is 3.25. The number of nitrogens with two attached hydrogens (primary N) is 1. The van der Waals surface area contributed by atoms with Gasteiger partial charge >= 0.3 is 6.03 Å². The van der Waals surface area contributed by atoms with Gasteiger partial charge < -0.3 is 11.1 Å². The number of allylic oxidation sites excluding steroid dienone is 4. The first-order chi connectivity index (χ1) is 17.0. The lowest BCUT2D eigenvalue weighted by Gasteiger charge is -2.69. The van der Waals surface area contributed by atoms with Crippen LogP contribution >= 0.6 is 0 Å². The Kier molecular flexibility index (Phi) is 5.37. The lowest BCUT2D eigenvalue weighted by Crippen LogP contribution is -2.70. The molecule has 0 saturated heterocycles. The average molecular weight is 506 g/mol. The molecule has 0 bridgehead atoms. The molecule has 0 aromatic heterocycles. The van der Waals surface area contributed by atoms with Gasteiger partial charge in [-0.3, -0.25) is 9.59 Å². The van der Waals surface area contributed by atoms with E-state index in [1.165, 1.54) is 0 Å². The summed E-state index contributed by atoms with van der Waals surface area (Å²) in [6.07, 6.45) is 9.89. The molecule has 0 aliphatic heterocycles. The second-order valence-corrected chi connectivity index (χ2v) is 14.9. The van der Waals surface area contributed by atoms with Gasteiger partial charge in [-0.2, -0.15) is 5.26 Å². The third-order valence-electron chi connectivity index (χ3n) is 12.2. The van der Waals surface area contributed by atoms with Crippen LogP contribution in [0, 0.1) is 56.2 Å². The first kappa shape index (κ1) is 26.2. The summed E-state index contributed by atoms with van der Waals surface area (Å²) in [5.41, 5.74) is 4.90. The minimum absolute atomic E-state index is 0.0183. The Balaban J connectivity index is 1.69. The molecule has 3 fully saturated rings. The highest BCUT2D eigenvalue weighted by Crippen LogP contribution is 2.73. The minimum atomic E-state index is -0.669. The van der Waals surface area contributed by atoms with Crippen molar-refractivity contribution in [3.05, 3.63) is 23.3 Å². The van der Waals surface area contributed by atoms with Crippen LogP contribution in [0.4, 0.5) is 4.79 Å². The molecular weight excluding hydrogens is 462 g/mol. The Labute approximate surface area is 221 Å². The number of rotatable bonds is 1. The van der Waals surface area contributed by atoms with Crippen LogP contribution in [0.2, 0.25) is 0 Å². The highest BCUT2D eigenvalue weighted by Gasteiger charge is 2.70. The number of Topliss-reactive ketones (excluding diaryl/α,β-unsaturated/α-hetero) is 1. The molecule has 0 aromatic carbocycles. The normalized spacial score (nSPS) is 45.6. The van der Waals surface area contributed by atoms with E-state index in [1.54, 1.807) is 0 Å². The van der Waals surface area contributed by atoms with Crippen molar-refractivity contribution in [2.24, 2.45) is 50.6 Å². The van der Waals surface area contributed by atoms with E-state index in [0.29, 0.717) is 0 Å². The van der Waals surface area contributed by atoms with Gasteiger partial charge in [-0.15, -0.1) is 0 Å². The van der Waals surface area contributed by atoms with E-state index in [0.717, 1.165) is 50.5 Å². The zero-order valence-corrected chi connectivity index (χ0v) is 23.6. The van der Waals surface area contributed by atoms with Crippen molar-refractivity contribution in [3.63, 3.8) is 0 Å². The zero-order valence-electron chi connectivity index (χ0n) is 23.6. The number of carbonyl (C=O) groups excluding carboxylic acids is 3. The van der Waals surface area contributed by atoms with Crippen LogP contribution in [0.5, 0.6) is 0 Å². The molecule has 0 aromatic rings. The number of hydrogen-bond donors (Lipinski definition) is 2. The van der Waals surface area contributed by atoms with Gasteiger partial charge in [-0.25, -0.2) is 4.79 Å². The average Bonchev–Trinajstić information content (AvgIpc) is 2.78. The molecule has 200 valence electrons. The first-order valence-electron chi connectivity index (χ1n) is 14.0.